The third-order valence-electron chi connectivity index (χ3n) is 4.77. The lowest BCUT2D eigenvalue weighted by Gasteiger charge is -2.08. The average molecular weight is 415 g/mol. The molecule has 4 aromatic heterocycles. The van der Waals surface area contributed by atoms with E-state index in [1.165, 1.54) is 11.8 Å². The molecule has 0 spiro atoms. The van der Waals surface area contributed by atoms with Crippen molar-refractivity contribution in [3.63, 3.8) is 0 Å². The third-order valence-corrected chi connectivity index (χ3v) is 5.74. The van der Waals surface area contributed by atoms with Crippen molar-refractivity contribution in [2.45, 2.75) is 11.7 Å². The summed E-state index contributed by atoms with van der Waals surface area (Å²) in [4.78, 5) is 20.1. The summed E-state index contributed by atoms with van der Waals surface area (Å²) < 4.78 is 7.48. The van der Waals surface area contributed by atoms with Crippen LogP contribution >= 0.6 is 11.8 Å². The lowest BCUT2D eigenvalue weighted by atomic mass is 10.1. The van der Waals surface area contributed by atoms with Gasteiger partial charge in [0.15, 0.2) is 16.8 Å². The Labute approximate surface area is 176 Å². The van der Waals surface area contributed by atoms with Gasteiger partial charge in [-0.25, -0.2) is 0 Å². The summed E-state index contributed by atoms with van der Waals surface area (Å²) in [6, 6.07) is 15.3. The summed E-state index contributed by atoms with van der Waals surface area (Å²) in [6.45, 7) is 0.473. The predicted molar refractivity (Wildman–Crippen MR) is 114 cm³/mol. The Balaban J connectivity index is 1.42. The van der Waals surface area contributed by atoms with Gasteiger partial charge in [-0.3, -0.25) is 14.3 Å². The average Bonchev–Trinajstić information content (AvgIpc) is 3.53. The molecular formula is C22H17N5O2S. The number of benzene rings is 1. The number of hydrogen-bond acceptors (Lipinski definition) is 6. The zero-order chi connectivity index (χ0) is 20.3. The molecule has 5 rings (SSSR count). The van der Waals surface area contributed by atoms with E-state index >= 15 is 0 Å². The Morgan fingerprint density at radius 1 is 1.07 bits per heavy atom. The molecule has 0 fully saturated rings. The lowest BCUT2D eigenvalue weighted by Crippen LogP contribution is -2.06. The fraction of sp³-hybridized carbons (Fsp3) is 0.0909. The number of carbonyl (C=O) groups is 1. The Morgan fingerprint density at radius 3 is 2.77 bits per heavy atom. The maximum Gasteiger partial charge on any atom is 0.192 e. The molecule has 0 aliphatic rings. The number of hydrogen-bond donors (Lipinski definition) is 1. The second-order valence-electron chi connectivity index (χ2n) is 6.67. The molecule has 0 aliphatic heterocycles. The Morgan fingerprint density at radius 2 is 1.93 bits per heavy atom. The zero-order valence-electron chi connectivity index (χ0n) is 15.9. The van der Waals surface area contributed by atoms with Gasteiger partial charge in [0.1, 0.15) is 5.76 Å². The molecular weight excluding hydrogens is 398 g/mol. The van der Waals surface area contributed by atoms with Crippen molar-refractivity contribution in [1.82, 2.24) is 24.7 Å². The molecule has 1 N–H and O–H groups in total. The number of fused-ring (bicyclic) bond motifs is 1. The Bertz CT molecular complexity index is 1290. The normalized spacial score (nSPS) is 11.2. The summed E-state index contributed by atoms with van der Waals surface area (Å²) in [5.41, 5.74) is 2.54. The van der Waals surface area contributed by atoms with Crippen molar-refractivity contribution in [2.24, 2.45) is 0 Å². The Hall–Kier alpha value is -3.65. The maximum atomic E-state index is 12.9. The summed E-state index contributed by atoms with van der Waals surface area (Å²) in [6.07, 6.45) is 6.84. The highest BCUT2D eigenvalue weighted by Gasteiger charge is 2.18. The number of para-hydroxylation sites is 1. The molecule has 4 heterocycles. The van der Waals surface area contributed by atoms with Gasteiger partial charge in [-0.05, 0) is 30.3 Å². The SMILES string of the molecule is O=C(CSc1nnc(-c2ccncc2)n1Cc1ccco1)c1c[nH]c2ccccc12. The van der Waals surface area contributed by atoms with E-state index in [0.29, 0.717) is 23.1 Å². The van der Waals surface area contributed by atoms with Gasteiger partial charge in [0.25, 0.3) is 0 Å². The van der Waals surface area contributed by atoms with Crippen LogP contribution in [0.1, 0.15) is 16.1 Å². The first-order valence-electron chi connectivity index (χ1n) is 9.37. The van der Waals surface area contributed by atoms with Crippen LogP contribution in [0.25, 0.3) is 22.3 Å². The highest BCUT2D eigenvalue weighted by atomic mass is 32.2. The number of H-pyrrole nitrogens is 1. The van der Waals surface area contributed by atoms with E-state index in [4.69, 9.17) is 4.42 Å². The smallest absolute Gasteiger partial charge is 0.192 e. The number of aromatic amines is 1. The summed E-state index contributed by atoms with van der Waals surface area (Å²) in [7, 11) is 0. The molecule has 0 bridgehead atoms. The molecule has 0 aliphatic carbocycles. The quantitative estimate of drug-likeness (QED) is 0.312. The van der Waals surface area contributed by atoms with Crippen molar-refractivity contribution in [1.29, 1.82) is 0 Å². The fourth-order valence-corrected chi connectivity index (χ4v) is 4.14. The number of furan rings is 1. The number of pyridine rings is 1. The molecule has 148 valence electrons. The van der Waals surface area contributed by atoms with Crippen LogP contribution in [-0.4, -0.2) is 36.3 Å². The van der Waals surface area contributed by atoms with Gasteiger partial charge in [0, 0.05) is 40.6 Å². The van der Waals surface area contributed by atoms with Crippen molar-refractivity contribution >= 4 is 28.4 Å². The molecule has 1 aromatic carbocycles. The minimum Gasteiger partial charge on any atom is -0.467 e. The molecule has 0 saturated heterocycles. The van der Waals surface area contributed by atoms with Crippen LogP contribution in [0.5, 0.6) is 0 Å². The van der Waals surface area contributed by atoms with Gasteiger partial charge in [0.05, 0.1) is 18.6 Å². The molecule has 0 saturated carbocycles. The van der Waals surface area contributed by atoms with Gasteiger partial charge in [-0.1, -0.05) is 30.0 Å². The number of Topliss-reactive ketones (excluding diaryl/α,β-unsaturated/α-hetero) is 1. The first kappa shape index (κ1) is 18.4. The predicted octanol–water partition coefficient (Wildman–Crippen LogP) is 4.44. The second-order valence-corrected chi connectivity index (χ2v) is 7.61. The first-order chi connectivity index (χ1) is 14.8. The molecule has 8 heteroatoms. The summed E-state index contributed by atoms with van der Waals surface area (Å²) >= 11 is 1.37. The molecule has 5 aromatic rings. The zero-order valence-corrected chi connectivity index (χ0v) is 16.7. The van der Waals surface area contributed by atoms with Gasteiger partial charge >= 0.3 is 0 Å². The first-order valence-corrected chi connectivity index (χ1v) is 10.4. The standard InChI is InChI=1S/C22H17N5O2S/c28-20(18-12-24-19-6-2-1-5-17(18)19)14-30-22-26-25-21(15-7-9-23-10-8-15)27(22)13-16-4-3-11-29-16/h1-12,24H,13-14H2. The van der Waals surface area contributed by atoms with Crippen molar-refractivity contribution in [2.75, 3.05) is 5.75 Å². The molecule has 7 nitrogen and oxygen atoms in total. The number of rotatable bonds is 7. The fourth-order valence-electron chi connectivity index (χ4n) is 3.32. The van der Waals surface area contributed by atoms with E-state index in [9.17, 15) is 4.79 Å². The number of carbonyl (C=O) groups excluding carboxylic acids is 1. The third kappa shape index (κ3) is 3.53. The van der Waals surface area contributed by atoms with Crippen LogP contribution < -0.4 is 0 Å². The van der Waals surface area contributed by atoms with E-state index in [0.717, 1.165) is 22.2 Å². The monoisotopic (exact) mass is 415 g/mol. The van der Waals surface area contributed by atoms with Crippen LogP contribution in [0.4, 0.5) is 0 Å². The molecule has 0 unspecified atom stereocenters. The highest BCUT2D eigenvalue weighted by molar-refractivity contribution is 7.99. The second kappa shape index (κ2) is 8.00. The van der Waals surface area contributed by atoms with Crippen molar-refractivity contribution in [3.05, 3.63) is 84.7 Å². The lowest BCUT2D eigenvalue weighted by molar-refractivity contribution is 0.102. The molecule has 0 amide bonds. The molecule has 30 heavy (non-hydrogen) atoms. The largest absolute Gasteiger partial charge is 0.467 e. The van der Waals surface area contributed by atoms with E-state index in [1.807, 2.05) is 53.1 Å². The minimum absolute atomic E-state index is 0.0375. The number of thioether (sulfide) groups is 1. The summed E-state index contributed by atoms with van der Waals surface area (Å²) in [5, 5.41) is 10.3. The van der Waals surface area contributed by atoms with E-state index in [-0.39, 0.29) is 11.5 Å². The van der Waals surface area contributed by atoms with Gasteiger partial charge in [-0.15, -0.1) is 10.2 Å². The van der Waals surface area contributed by atoms with Crippen LogP contribution in [-0.2, 0) is 6.54 Å². The molecule has 0 radical (unpaired) electrons. The number of nitrogens with zero attached hydrogens (tertiary/aromatic N) is 4. The van der Waals surface area contributed by atoms with Crippen molar-refractivity contribution < 1.29 is 9.21 Å². The van der Waals surface area contributed by atoms with Gasteiger partial charge in [0.2, 0.25) is 0 Å². The number of ketones is 1. The summed E-state index contributed by atoms with van der Waals surface area (Å²) in [5.74, 6) is 1.79. The van der Waals surface area contributed by atoms with Crippen LogP contribution in [0.15, 0.2) is 83.0 Å². The Kier molecular flexibility index (Phi) is 4.90. The van der Waals surface area contributed by atoms with Gasteiger partial charge < -0.3 is 9.40 Å². The van der Waals surface area contributed by atoms with Crippen LogP contribution in [0, 0.1) is 0 Å². The topological polar surface area (TPSA) is 89.6 Å². The van der Waals surface area contributed by atoms with Crippen LogP contribution in [0.2, 0.25) is 0 Å². The van der Waals surface area contributed by atoms with E-state index < -0.39 is 0 Å². The van der Waals surface area contributed by atoms with E-state index in [2.05, 4.69) is 20.2 Å². The van der Waals surface area contributed by atoms with Gasteiger partial charge in [-0.2, -0.15) is 0 Å². The maximum absolute atomic E-state index is 12.9. The highest BCUT2D eigenvalue weighted by Crippen LogP contribution is 2.27. The number of nitrogens with one attached hydrogen (secondary N) is 1. The van der Waals surface area contributed by atoms with Crippen molar-refractivity contribution in [3.8, 4) is 11.4 Å². The molecule has 0 atom stereocenters. The minimum atomic E-state index is 0.0375. The van der Waals surface area contributed by atoms with Crippen LogP contribution in [0.3, 0.4) is 0 Å². The van der Waals surface area contributed by atoms with E-state index in [1.54, 1.807) is 24.9 Å². The number of aromatic nitrogens is 5.